The molecule has 0 unspecified atom stereocenters. The molecule has 0 radical (unpaired) electrons. The second-order valence-corrected chi connectivity index (χ2v) is 7.03. The van der Waals surface area contributed by atoms with Gasteiger partial charge in [-0.05, 0) is 36.5 Å². The number of benzene rings is 1. The number of hydrazone groups is 1. The Morgan fingerprint density at radius 1 is 1.21 bits per heavy atom. The summed E-state index contributed by atoms with van der Waals surface area (Å²) in [5.74, 6) is -0.0164. The number of piperazine rings is 1. The Morgan fingerprint density at radius 3 is 2.71 bits per heavy atom. The number of nitrogens with two attached hydrogens (primary N) is 1. The highest BCUT2D eigenvalue weighted by Gasteiger charge is 2.21. The van der Waals surface area contributed by atoms with Crippen LogP contribution in [0.3, 0.4) is 0 Å². The molecule has 0 aliphatic carbocycles. The van der Waals surface area contributed by atoms with Crippen molar-refractivity contribution in [1.82, 2.24) is 15.3 Å². The molecule has 0 amide bonds. The van der Waals surface area contributed by atoms with Gasteiger partial charge in [-0.3, -0.25) is 5.43 Å². The van der Waals surface area contributed by atoms with Crippen molar-refractivity contribution in [1.29, 1.82) is 0 Å². The van der Waals surface area contributed by atoms with Gasteiger partial charge in [0.2, 0.25) is 0 Å². The fraction of sp³-hybridized carbons (Fsp3) is 0.316. The number of ether oxygens (including phenoxy) is 1. The number of halogens is 1. The molecule has 3 N–H and O–H groups in total. The van der Waals surface area contributed by atoms with Crippen LogP contribution in [0.15, 0.2) is 41.6 Å². The minimum atomic E-state index is -0.428. The number of pyridine rings is 1. The molecule has 1 aromatic heterocycles. The van der Waals surface area contributed by atoms with Crippen molar-refractivity contribution in [2.45, 2.75) is 6.42 Å². The van der Waals surface area contributed by atoms with E-state index in [4.69, 9.17) is 22.7 Å². The maximum Gasteiger partial charge on any atom is 0.189 e. The predicted octanol–water partition coefficient (Wildman–Crippen LogP) is 1.99. The van der Waals surface area contributed by atoms with Crippen molar-refractivity contribution in [3.05, 3.63) is 48.0 Å². The minimum Gasteiger partial charge on any atom is -0.491 e. The van der Waals surface area contributed by atoms with E-state index in [9.17, 15) is 4.39 Å². The predicted molar refractivity (Wildman–Crippen MR) is 111 cm³/mol. The number of nitrogens with zero attached hydrogens (tertiary/aromatic N) is 4. The van der Waals surface area contributed by atoms with Gasteiger partial charge in [0.1, 0.15) is 17.3 Å². The zero-order valence-corrected chi connectivity index (χ0v) is 16.1. The molecule has 0 saturated carbocycles. The van der Waals surface area contributed by atoms with Crippen molar-refractivity contribution in [2.24, 2.45) is 5.10 Å². The van der Waals surface area contributed by atoms with Crippen LogP contribution in [0.1, 0.15) is 12.1 Å². The van der Waals surface area contributed by atoms with Crippen LogP contribution in [0, 0.1) is 5.82 Å². The van der Waals surface area contributed by atoms with Gasteiger partial charge in [0.25, 0.3) is 0 Å². The van der Waals surface area contributed by atoms with Crippen LogP contribution in [0.2, 0.25) is 0 Å². The van der Waals surface area contributed by atoms with Gasteiger partial charge in [0.05, 0.1) is 18.5 Å². The lowest BCUT2D eigenvalue weighted by Gasteiger charge is -2.37. The van der Waals surface area contributed by atoms with E-state index in [1.165, 1.54) is 6.07 Å². The van der Waals surface area contributed by atoms with Gasteiger partial charge in [0, 0.05) is 50.0 Å². The summed E-state index contributed by atoms with van der Waals surface area (Å²) >= 11 is 5.50. The molecule has 3 heterocycles. The van der Waals surface area contributed by atoms with Crippen LogP contribution >= 0.6 is 12.2 Å². The summed E-state index contributed by atoms with van der Waals surface area (Å²) in [5.41, 5.74) is 11.9. The average molecular weight is 400 g/mol. The molecule has 0 spiro atoms. The Kier molecular flexibility index (Phi) is 5.25. The van der Waals surface area contributed by atoms with Crippen molar-refractivity contribution < 1.29 is 9.13 Å². The maximum atomic E-state index is 13.3. The highest BCUT2D eigenvalue weighted by molar-refractivity contribution is 7.80. The van der Waals surface area contributed by atoms with E-state index in [1.54, 1.807) is 0 Å². The third-order valence-corrected chi connectivity index (χ3v) is 5.15. The quantitative estimate of drug-likeness (QED) is 0.453. The SMILES string of the molecule is Nc1ccc(N2CCN(C(=S)N/N=C3/CCOc4cc(F)cnc43)CC2)cc1. The number of aromatic nitrogens is 1. The number of thiocarbonyl (C=S) groups is 1. The van der Waals surface area contributed by atoms with Gasteiger partial charge in [-0.25, -0.2) is 9.37 Å². The van der Waals surface area contributed by atoms with Crippen molar-refractivity contribution >= 4 is 34.4 Å². The molecule has 146 valence electrons. The number of anilines is 2. The number of fused-ring (bicyclic) bond motifs is 1. The summed E-state index contributed by atoms with van der Waals surface area (Å²) in [6, 6.07) is 9.22. The first-order chi connectivity index (χ1) is 13.6. The molecular weight excluding hydrogens is 379 g/mol. The monoisotopic (exact) mass is 400 g/mol. The van der Waals surface area contributed by atoms with E-state index in [0.29, 0.717) is 35.3 Å². The molecule has 2 aromatic rings. The van der Waals surface area contributed by atoms with Crippen LogP contribution in [0.4, 0.5) is 15.8 Å². The molecule has 2 aliphatic heterocycles. The number of hydrogen-bond donors (Lipinski definition) is 2. The van der Waals surface area contributed by atoms with E-state index in [1.807, 2.05) is 24.3 Å². The summed E-state index contributed by atoms with van der Waals surface area (Å²) in [4.78, 5) is 8.49. The Morgan fingerprint density at radius 2 is 1.96 bits per heavy atom. The highest BCUT2D eigenvalue weighted by atomic mass is 32.1. The van der Waals surface area contributed by atoms with Gasteiger partial charge in [-0.1, -0.05) is 0 Å². The molecule has 9 heteroatoms. The van der Waals surface area contributed by atoms with E-state index in [0.717, 1.165) is 43.8 Å². The Balaban J connectivity index is 1.35. The smallest absolute Gasteiger partial charge is 0.189 e. The van der Waals surface area contributed by atoms with Crippen LogP contribution in [-0.4, -0.2) is 53.5 Å². The van der Waals surface area contributed by atoms with Gasteiger partial charge in [-0.15, -0.1) is 0 Å². The third kappa shape index (κ3) is 3.99. The maximum absolute atomic E-state index is 13.3. The molecule has 7 nitrogen and oxygen atoms in total. The molecule has 1 saturated heterocycles. The zero-order valence-electron chi connectivity index (χ0n) is 15.3. The fourth-order valence-corrected chi connectivity index (χ4v) is 3.50. The van der Waals surface area contributed by atoms with Crippen LogP contribution in [0.25, 0.3) is 0 Å². The first-order valence-corrected chi connectivity index (χ1v) is 9.51. The highest BCUT2D eigenvalue weighted by Crippen LogP contribution is 2.23. The molecule has 1 fully saturated rings. The standard InChI is InChI=1S/C19H21FN6OS/c20-13-11-17-18(22-12-13)16(5-10-27-17)23-24-19(28)26-8-6-25(7-9-26)15-3-1-14(21)2-4-15/h1-4,11-12H,5-10,21H2,(H,24,28)/b23-16-. The Hall–Kier alpha value is -2.94. The second-order valence-electron chi connectivity index (χ2n) is 6.64. The first kappa shape index (κ1) is 18.4. The molecule has 2 aliphatic rings. The lowest BCUT2D eigenvalue weighted by Crippen LogP contribution is -2.51. The van der Waals surface area contributed by atoms with Crippen LogP contribution < -0.4 is 20.8 Å². The van der Waals surface area contributed by atoms with Crippen molar-refractivity contribution in [2.75, 3.05) is 43.4 Å². The van der Waals surface area contributed by atoms with Crippen LogP contribution in [-0.2, 0) is 0 Å². The zero-order chi connectivity index (χ0) is 19.5. The van der Waals surface area contributed by atoms with Gasteiger partial charge < -0.3 is 20.3 Å². The van der Waals surface area contributed by atoms with Gasteiger partial charge in [-0.2, -0.15) is 5.10 Å². The molecular formula is C19H21FN6OS. The molecule has 0 bridgehead atoms. The second kappa shape index (κ2) is 7.97. The third-order valence-electron chi connectivity index (χ3n) is 4.80. The lowest BCUT2D eigenvalue weighted by molar-refractivity contribution is 0.316. The summed E-state index contributed by atoms with van der Waals surface area (Å²) in [7, 11) is 0. The van der Waals surface area contributed by atoms with E-state index >= 15 is 0 Å². The summed E-state index contributed by atoms with van der Waals surface area (Å²) in [6.45, 7) is 3.75. The normalized spacial score (nSPS) is 17.8. The largest absolute Gasteiger partial charge is 0.491 e. The topological polar surface area (TPSA) is 79.0 Å². The minimum absolute atomic E-state index is 0.412. The van der Waals surface area contributed by atoms with E-state index < -0.39 is 5.82 Å². The Labute approximate surface area is 168 Å². The fourth-order valence-electron chi connectivity index (χ4n) is 3.27. The van der Waals surface area contributed by atoms with Crippen LogP contribution in [0.5, 0.6) is 5.75 Å². The van der Waals surface area contributed by atoms with Gasteiger partial charge in [0.15, 0.2) is 5.11 Å². The summed E-state index contributed by atoms with van der Waals surface area (Å²) < 4.78 is 18.8. The average Bonchev–Trinajstić information content (AvgIpc) is 2.72. The number of rotatable bonds is 2. The molecule has 0 atom stereocenters. The summed E-state index contributed by atoms with van der Waals surface area (Å²) in [5, 5.41) is 4.98. The molecule has 28 heavy (non-hydrogen) atoms. The van der Waals surface area contributed by atoms with Crippen molar-refractivity contribution in [3.8, 4) is 5.75 Å². The number of nitrogens with one attached hydrogen (secondary N) is 1. The van der Waals surface area contributed by atoms with E-state index in [2.05, 4.69) is 25.3 Å². The van der Waals surface area contributed by atoms with Crippen molar-refractivity contribution in [3.63, 3.8) is 0 Å². The molecule has 1 aromatic carbocycles. The summed E-state index contributed by atoms with van der Waals surface area (Å²) in [6.07, 6.45) is 1.75. The number of nitrogen functional groups attached to an aromatic ring is 1. The Bertz CT molecular complexity index is 896. The lowest BCUT2D eigenvalue weighted by atomic mass is 10.1. The number of hydrogen-bond acceptors (Lipinski definition) is 6. The first-order valence-electron chi connectivity index (χ1n) is 9.11. The van der Waals surface area contributed by atoms with Gasteiger partial charge >= 0.3 is 0 Å². The van der Waals surface area contributed by atoms with E-state index in [-0.39, 0.29) is 0 Å². The molecule has 4 rings (SSSR count).